The van der Waals surface area contributed by atoms with Gasteiger partial charge in [-0.1, -0.05) is 10.2 Å². The number of anilines is 2. The Morgan fingerprint density at radius 2 is 2.14 bits per heavy atom. The van der Waals surface area contributed by atoms with Crippen molar-refractivity contribution in [3.8, 4) is 0 Å². The molecule has 0 aliphatic carbocycles. The number of hydrogen-bond acceptors (Lipinski definition) is 5. The van der Waals surface area contributed by atoms with Crippen LogP contribution in [0.1, 0.15) is 13.3 Å². The van der Waals surface area contributed by atoms with Gasteiger partial charge in [-0.3, -0.25) is 0 Å². The van der Waals surface area contributed by atoms with Gasteiger partial charge in [0.25, 0.3) is 0 Å². The van der Waals surface area contributed by atoms with Crippen LogP contribution in [0.25, 0.3) is 0 Å². The van der Waals surface area contributed by atoms with Gasteiger partial charge in [0, 0.05) is 6.04 Å². The minimum Gasteiger partial charge on any atom is -0.390 e. The van der Waals surface area contributed by atoms with Gasteiger partial charge >= 0.3 is 18.2 Å². The summed E-state index contributed by atoms with van der Waals surface area (Å²) in [4.78, 5) is 0. The van der Waals surface area contributed by atoms with Crippen molar-refractivity contribution in [2.24, 2.45) is 0 Å². The van der Waals surface area contributed by atoms with E-state index < -0.39 is 18.6 Å². The third-order valence-corrected chi connectivity index (χ3v) is 1.35. The summed E-state index contributed by atoms with van der Waals surface area (Å²) in [7, 11) is 0. The van der Waals surface area contributed by atoms with E-state index >= 15 is 0 Å². The molecule has 5 nitrogen and oxygen atoms in total. The average molecular weight is 210 g/mol. The van der Waals surface area contributed by atoms with E-state index in [1.54, 1.807) is 0 Å². The lowest BCUT2D eigenvalue weighted by Crippen LogP contribution is -2.23. The van der Waals surface area contributed by atoms with Gasteiger partial charge in [-0.15, -0.1) is 0 Å². The first-order chi connectivity index (χ1) is 6.37. The first kappa shape index (κ1) is 10.6. The van der Waals surface area contributed by atoms with E-state index in [4.69, 9.17) is 5.73 Å². The predicted molar refractivity (Wildman–Crippen MR) is 42.5 cm³/mol. The Balaban J connectivity index is 2.45. The molecule has 0 saturated carbocycles. The number of nitrogens with two attached hydrogens (primary N) is 1. The number of aromatic nitrogens is 2. The van der Waals surface area contributed by atoms with E-state index in [9.17, 15) is 13.2 Å². The lowest BCUT2D eigenvalue weighted by Gasteiger charge is -2.13. The number of nitrogens with zero attached hydrogens (tertiary/aromatic N) is 2. The zero-order valence-electron chi connectivity index (χ0n) is 7.30. The zero-order chi connectivity index (χ0) is 10.8. The standard InChI is InChI=1S/C6H9F3N4O/c1-3(2-6(7,8)9)11-5-13-12-4(10)14-5/h3H,2H2,1H3,(H2,10,12)(H,11,13). The highest BCUT2D eigenvalue weighted by Crippen LogP contribution is 2.22. The molecule has 1 aromatic heterocycles. The van der Waals surface area contributed by atoms with Gasteiger partial charge in [-0.2, -0.15) is 13.2 Å². The van der Waals surface area contributed by atoms with Gasteiger partial charge in [-0.25, -0.2) is 0 Å². The predicted octanol–water partition coefficient (Wildman–Crippen LogP) is 1.40. The van der Waals surface area contributed by atoms with Crippen molar-refractivity contribution in [3.63, 3.8) is 0 Å². The number of halogens is 3. The van der Waals surface area contributed by atoms with Crippen molar-refractivity contribution in [3.05, 3.63) is 0 Å². The lowest BCUT2D eigenvalue weighted by molar-refractivity contribution is -0.136. The SMILES string of the molecule is CC(CC(F)(F)F)Nc1nnc(N)o1. The number of rotatable bonds is 3. The van der Waals surface area contributed by atoms with Crippen LogP contribution < -0.4 is 11.1 Å². The Hall–Kier alpha value is -1.47. The van der Waals surface area contributed by atoms with E-state index in [-0.39, 0.29) is 12.0 Å². The summed E-state index contributed by atoms with van der Waals surface area (Å²) in [5.74, 6) is 0. The highest BCUT2D eigenvalue weighted by atomic mass is 19.4. The molecule has 3 N–H and O–H groups in total. The van der Waals surface area contributed by atoms with Crippen LogP contribution in [0, 0.1) is 0 Å². The Bertz CT molecular complexity index is 298. The molecule has 0 saturated heterocycles. The monoisotopic (exact) mass is 210 g/mol. The van der Waals surface area contributed by atoms with E-state index in [0.29, 0.717) is 0 Å². The third-order valence-electron chi connectivity index (χ3n) is 1.35. The fourth-order valence-corrected chi connectivity index (χ4v) is 0.902. The van der Waals surface area contributed by atoms with E-state index in [1.807, 2.05) is 0 Å². The molecule has 0 radical (unpaired) electrons. The fraction of sp³-hybridized carbons (Fsp3) is 0.667. The molecule has 0 bridgehead atoms. The Morgan fingerprint density at radius 3 is 2.57 bits per heavy atom. The molecule has 1 rings (SSSR count). The number of nitrogens with one attached hydrogen (secondary N) is 1. The van der Waals surface area contributed by atoms with Gasteiger partial charge in [0.15, 0.2) is 0 Å². The van der Waals surface area contributed by atoms with Crippen molar-refractivity contribution in [1.29, 1.82) is 0 Å². The third kappa shape index (κ3) is 3.50. The molecule has 1 atom stereocenters. The molecule has 0 aromatic carbocycles. The molecule has 0 aliphatic rings. The van der Waals surface area contributed by atoms with Crippen LogP contribution >= 0.6 is 0 Å². The summed E-state index contributed by atoms with van der Waals surface area (Å²) in [5, 5.41) is 9.03. The first-order valence-electron chi connectivity index (χ1n) is 3.79. The molecule has 0 aliphatic heterocycles. The minimum atomic E-state index is -4.22. The molecular formula is C6H9F3N4O. The Morgan fingerprint density at radius 1 is 1.50 bits per heavy atom. The maximum absolute atomic E-state index is 11.9. The van der Waals surface area contributed by atoms with Gasteiger partial charge < -0.3 is 15.5 Å². The second-order valence-corrected chi connectivity index (χ2v) is 2.81. The second kappa shape index (κ2) is 3.72. The normalized spacial score (nSPS) is 14.0. The highest BCUT2D eigenvalue weighted by Gasteiger charge is 2.30. The number of nitrogen functional groups attached to an aromatic ring is 1. The van der Waals surface area contributed by atoms with Crippen LogP contribution in [-0.2, 0) is 0 Å². The summed E-state index contributed by atoms with van der Waals surface area (Å²) in [6.45, 7) is 1.36. The molecule has 1 aromatic rings. The first-order valence-corrected chi connectivity index (χ1v) is 3.79. The van der Waals surface area contributed by atoms with Gasteiger partial charge in [0.1, 0.15) is 0 Å². The lowest BCUT2D eigenvalue weighted by atomic mass is 10.2. The molecule has 0 spiro atoms. The van der Waals surface area contributed by atoms with E-state index in [1.165, 1.54) is 6.92 Å². The summed E-state index contributed by atoms with van der Waals surface area (Å²) in [5.41, 5.74) is 5.08. The summed E-state index contributed by atoms with van der Waals surface area (Å²) < 4.78 is 40.3. The van der Waals surface area contributed by atoms with Gasteiger partial charge in [0.2, 0.25) is 0 Å². The molecule has 0 amide bonds. The quantitative estimate of drug-likeness (QED) is 0.788. The molecule has 80 valence electrons. The van der Waals surface area contributed by atoms with Crippen molar-refractivity contribution < 1.29 is 17.6 Å². The van der Waals surface area contributed by atoms with Crippen molar-refractivity contribution >= 4 is 12.0 Å². The van der Waals surface area contributed by atoms with Crippen LogP contribution in [-0.4, -0.2) is 22.4 Å². The average Bonchev–Trinajstić information content (AvgIpc) is 2.30. The minimum absolute atomic E-state index is 0.112. The second-order valence-electron chi connectivity index (χ2n) is 2.81. The molecule has 1 heterocycles. The van der Waals surface area contributed by atoms with Crippen LogP contribution in [0.4, 0.5) is 25.2 Å². The molecular weight excluding hydrogens is 201 g/mol. The maximum Gasteiger partial charge on any atom is 0.391 e. The number of alkyl halides is 3. The van der Waals surface area contributed by atoms with Gasteiger partial charge in [-0.05, 0) is 6.92 Å². The van der Waals surface area contributed by atoms with Crippen molar-refractivity contribution in [1.82, 2.24) is 10.2 Å². The van der Waals surface area contributed by atoms with Gasteiger partial charge in [0.05, 0.1) is 6.42 Å². The molecule has 14 heavy (non-hydrogen) atoms. The van der Waals surface area contributed by atoms with Crippen LogP contribution in [0.15, 0.2) is 4.42 Å². The molecule has 1 unspecified atom stereocenters. The van der Waals surface area contributed by atoms with Crippen LogP contribution in [0.5, 0.6) is 0 Å². The molecule has 8 heteroatoms. The highest BCUT2D eigenvalue weighted by molar-refractivity contribution is 5.23. The largest absolute Gasteiger partial charge is 0.391 e. The smallest absolute Gasteiger partial charge is 0.390 e. The van der Waals surface area contributed by atoms with Crippen molar-refractivity contribution in [2.45, 2.75) is 25.6 Å². The topological polar surface area (TPSA) is 77.0 Å². The Kier molecular flexibility index (Phi) is 2.82. The molecule has 0 fully saturated rings. The number of hydrogen-bond donors (Lipinski definition) is 2. The summed E-state index contributed by atoms with van der Waals surface area (Å²) in [6.07, 6.45) is -5.20. The Labute approximate surface area is 77.5 Å². The van der Waals surface area contributed by atoms with E-state index in [2.05, 4.69) is 19.9 Å². The zero-order valence-corrected chi connectivity index (χ0v) is 7.30. The van der Waals surface area contributed by atoms with Crippen molar-refractivity contribution in [2.75, 3.05) is 11.1 Å². The maximum atomic E-state index is 11.9. The summed E-state index contributed by atoms with van der Waals surface area (Å²) >= 11 is 0. The summed E-state index contributed by atoms with van der Waals surface area (Å²) in [6, 6.07) is -1.14. The van der Waals surface area contributed by atoms with Crippen LogP contribution in [0.2, 0.25) is 0 Å². The fourth-order valence-electron chi connectivity index (χ4n) is 0.902. The van der Waals surface area contributed by atoms with E-state index in [0.717, 1.165) is 0 Å². The van der Waals surface area contributed by atoms with Crippen LogP contribution in [0.3, 0.4) is 0 Å².